The Kier molecular flexibility index (Phi) is 7.31. The summed E-state index contributed by atoms with van der Waals surface area (Å²) >= 11 is 7.05. The molecule has 2 aromatic carbocycles. The quantitative estimate of drug-likeness (QED) is 0.568. The smallest absolute Gasteiger partial charge is 0.286 e. The number of benzene rings is 2. The fourth-order valence-electron chi connectivity index (χ4n) is 3.32. The van der Waals surface area contributed by atoms with E-state index < -0.39 is 0 Å². The van der Waals surface area contributed by atoms with Gasteiger partial charge in [-0.1, -0.05) is 47.2 Å². The van der Waals surface area contributed by atoms with Gasteiger partial charge in [-0.05, 0) is 30.3 Å². The first-order chi connectivity index (χ1) is 15.6. The molecule has 2 heterocycles. The largest absolute Gasteiger partial charge is 0.368 e. The highest BCUT2D eigenvalue weighted by molar-refractivity contribution is 7.13. The molecule has 0 atom stereocenters. The lowest BCUT2D eigenvalue weighted by molar-refractivity contribution is -0.136. The van der Waals surface area contributed by atoms with Crippen molar-refractivity contribution in [1.29, 1.82) is 0 Å². The zero-order chi connectivity index (χ0) is 22.3. The number of piperazine rings is 1. The van der Waals surface area contributed by atoms with Gasteiger partial charge in [-0.2, -0.15) is 0 Å². The fourth-order valence-corrected chi connectivity index (χ4v) is 4.19. The number of carbonyl (C=O) groups excluding carboxylic acids is 2. The monoisotopic (exact) mass is 471 g/mol. The highest BCUT2D eigenvalue weighted by atomic mass is 35.5. The number of amides is 2. The third kappa shape index (κ3) is 5.82. The molecule has 1 aliphatic rings. The van der Waals surface area contributed by atoms with Crippen molar-refractivity contribution in [2.75, 3.05) is 43.0 Å². The molecular weight excluding hydrogens is 450 g/mol. The Balaban J connectivity index is 1.20. The number of aromatic nitrogens is 2. The standard InChI is InChI=1S/C22H22ClN5O3S/c23-16-5-4-6-17(13-16)24-21(30)22-26-25-19(32-22)14-31-15-20(29)28-11-9-27(10-12-28)18-7-2-1-3-8-18/h1-8,13H,9-12,14-15H2,(H,24,30). The van der Waals surface area contributed by atoms with Gasteiger partial charge >= 0.3 is 0 Å². The number of hydrogen-bond acceptors (Lipinski definition) is 7. The minimum absolute atomic E-state index is 0.0328. The molecule has 8 nitrogen and oxygen atoms in total. The van der Waals surface area contributed by atoms with E-state index >= 15 is 0 Å². The average molecular weight is 472 g/mol. The SMILES string of the molecule is O=C(Nc1cccc(Cl)c1)c1nnc(COCC(=O)N2CCN(c3ccccc3)CC2)s1. The first-order valence-corrected chi connectivity index (χ1v) is 11.3. The van der Waals surface area contributed by atoms with Gasteiger partial charge in [0.2, 0.25) is 10.9 Å². The maximum absolute atomic E-state index is 12.5. The van der Waals surface area contributed by atoms with E-state index in [1.807, 2.05) is 23.1 Å². The predicted molar refractivity (Wildman–Crippen MR) is 124 cm³/mol. The first kappa shape index (κ1) is 22.2. The molecule has 32 heavy (non-hydrogen) atoms. The van der Waals surface area contributed by atoms with E-state index in [2.05, 4.69) is 32.5 Å². The molecule has 1 saturated heterocycles. The summed E-state index contributed by atoms with van der Waals surface area (Å²) in [5.74, 6) is -0.426. The van der Waals surface area contributed by atoms with Crippen molar-refractivity contribution < 1.29 is 14.3 Å². The number of anilines is 2. The number of para-hydroxylation sites is 1. The normalized spacial score (nSPS) is 13.8. The van der Waals surface area contributed by atoms with Crippen molar-refractivity contribution in [1.82, 2.24) is 15.1 Å². The number of carbonyl (C=O) groups is 2. The molecule has 4 rings (SSSR count). The number of halogens is 1. The van der Waals surface area contributed by atoms with Crippen molar-refractivity contribution in [2.45, 2.75) is 6.61 Å². The number of nitrogens with zero attached hydrogens (tertiary/aromatic N) is 4. The molecule has 1 fully saturated rings. The van der Waals surface area contributed by atoms with E-state index in [1.54, 1.807) is 24.3 Å². The Hall–Kier alpha value is -3.01. The van der Waals surface area contributed by atoms with Crippen molar-refractivity contribution in [3.05, 3.63) is 69.6 Å². The van der Waals surface area contributed by atoms with Gasteiger partial charge in [0.05, 0.1) is 0 Å². The van der Waals surface area contributed by atoms with E-state index in [0.717, 1.165) is 24.4 Å². The van der Waals surface area contributed by atoms with Crippen LogP contribution in [-0.4, -0.2) is 59.7 Å². The molecule has 1 N–H and O–H groups in total. The van der Waals surface area contributed by atoms with Crippen LogP contribution in [0.25, 0.3) is 0 Å². The van der Waals surface area contributed by atoms with Crippen LogP contribution in [0.4, 0.5) is 11.4 Å². The van der Waals surface area contributed by atoms with Gasteiger partial charge in [0.1, 0.15) is 18.2 Å². The van der Waals surface area contributed by atoms with Crippen LogP contribution in [0.5, 0.6) is 0 Å². The van der Waals surface area contributed by atoms with E-state index in [0.29, 0.717) is 28.8 Å². The third-order valence-corrected chi connectivity index (χ3v) is 6.08. The molecule has 2 amide bonds. The van der Waals surface area contributed by atoms with E-state index in [1.165, 1.54) is 5.69 Å². The minimum Gasteiger partial charge on any atom is -0.368 e. The van der Waals surface area contributed by atoms with Crippen LogP contribution >= 0.6 is 22.9 Å². The maximum atomic E-state index is 12.5. The molecule has 0 radical (unpaired) electrons. The van der Waals surface area contributed by atoms with Gasteiger partial charge in [0.25, 0.3) is 5.91 Å². The Morgan fingerprint density at radius 1 is 1.03 bits per heavy atom. The minimum atomic E-state index is -0.372. The summed E-state index contributed by atoms with van der Waals surface area (Å²) < 4.78 is 5.53. The Morgan fingerprint density at radius 2 is 1.81 bits per heavy atom. The molecule has 0 unspecified atom stereocenters. The number of ether oxygens (including phenoxy) is 1. The lowest BCUT2D eigenvalue weighted by Gasteiger charge is -2.36. The lowest BCUT2D eigenvalue weighted by atomic mass is 10.2. The van der Waals surface area contributed by atoms with Crippen molar-refractivity contribution in [2.24, 2.45) is 0 Å². The second-order valence-electron chi connectivity index (χ2n) is 7.16. The number of hydrogen-bond donors (Lipinski definition) is 1. The maximum Gasteiger partial charge on any atom is 0.286 e. The summed E-state index contributed by atoms with van der Waals surface area (Å²) in [6.07, 6.45) is 0. The summed E-state index contributed by atoms with van der Waals surface area (Å²) in [5, 5.41) is 11.9. The summed E-state index contributed by atoms with van der Waals surface area (Å²) in [7, 11) is 0. The second-order valence-corrected chi connectivity index (χ2v) is 8.66. The van der Waals surface area contributed by atoms with Crippen LogP contribution in [-0.2, 0) is 16.1 Å². The molecule has 166 valence electrons. The average Bonchev–Trinajstić information content (AvgIpc) is 3.29. The van der Waals surface area contributed by atoms with E-state index in [9.17, 15) is 9.59 Å². The second kappa shape index (κ2) is 10.5. The van der Waals surface area contributed by atoms with Crippen LogP contribution in [0.15, 0.2) is 54.6 Å². The van der Waals surface area contributed by atoms with E-state index in [4.69, 9.17) is 16.3 Å². The fraction of sp³-hybridized carbons (Fsp3) is 0.273. The van der Waals surface area contributed by atoms with Crippen molar-refractivity contribution in [3.63, 3.8) is 0 Å². The Bertz CT molecular complexity index is 1070. The Labute approximate surface area is 194 Å². The lowest BCUT2D eigenvalue weighted by Crippen LogP contribution is -2.49. The van der Waals surface area contributed by atoms with Crippen molar-refractivity contribution in [3.8, 4) is 0 Å². The van der Waals surface area contributed by atoms with E-state index in [-0.39, 0.29) is 30.0 Å². The molecule has 0 saturated carbocycles. The molecule has 1 aliphatic heterocycles. The van der Waals surface area contributed by atoms with Gasteiger partial charge in [-0.15, -0.1) is 10.2 Å². The first-order valence-electron chi connectivity index (χ1n) is 10.1. The third-order valence-electron chi connectivity index (χ3n) is 4.95. The van der Waals surface area contributed by atoms with Crippen LogP contribution in [0, 0.1) is 0 Å². The predicted octanol–water partition coefficient (Wildman–Crippen LogP) is 3.31. The van der Waals surface area contributed by atoms with Crippen LogP contribution < -0.4 is 10.2 Å². The van der Waals surface area contributed by atoms with Crippen LogP contribution in [0.1, 0.15) is 14.8 Å². The summed E-state index contributed by atoms with van der Waals surface area (Å²) in [6.45, 7) is 2.98. The van der Waals surface area contributed by atoms with Gasteiger partial charge in [-0.3, -0.25) is 9.59 Å². The molecule has 3 aromatic rings. The molecule has 0 spiro atoms. The summed E-state index contributed by atoms with van der Waals surface area (Å²) in [6, 6.07) is 17.0. The molecule has 0 bridgehead atoms. The van der Waals surface area contributed by atoms with Gasteiger partial charge < -0.3 is 19.9 Å². The number of rotatable bonds is 7. The molecule has 0 aliphatic carbocycles. The Morgan fingerprint density at radius 3 is 2.56 bits per heavy atom. The highest BCUT2D eigenvalue weighted by Gasteiger charge is 2.21. The van der Waals surface area contributed by atoms with Crippen LogP contribution in [0.2, 0.25) is 5.02 Å². The van der Waals surface area contributed by atoms with Gasteiger partial charge in [0.15, 0.2) is 0 Å². The van der Waals surface area contributed by atoms with Gasteiger partial charge in [-0.25, -0.2) is 0 Å². The summed E-state index contributed by atoms with van der Waals surface area (Å²) in [5.41, 5.74) is 1.75. The number of nitrogens with one attached hydrogen (secondary N) is 1. The molecular formula is C22H22ClN5O3S. The van der Waals surface area contributed by atoms with Crippen LogP contribution in [0.3, 0.4) is 0 Å². The topological polar surface area (TPSA) is 87.7 Å². The zero-order valence-corrected chi connectivity index (χ0v) is 18.8. The molecule has 1 aromatic heterocycles. The highest BCUT2D eigenvalue weighted by Crippen LogP contribution is 2.18. The zero-order valence-electron chi connectivity index (χ0n) is 17.2. The van der Waals surface area contributed by atoms with Crippen molar-refractivity contribution >= 4 is 46.1 Å². The van der Waals surface area contributed by atoms with Gasteiger partial charge in [0, 0.05) is 42.6 Å². The molecule has 10 heteroatoms. The summed E-state index contributed by atoms with van der Waals surface area (Å²) in [4.78, 5) is 28.8.